The predicted molar refractivity (Wildman–Crippen MR) is 286 cm³/mol. The van der Waals surface area contributed by atoms with E-state index in [2.05, 4.69) is 54.5 Å². The van der Waals surface area contributed by atoms with Gasteiger partial charge >= 0.3 is 11.9 Å². The van der Waals surface area contributed by atoms with Gasteiger partial charge in [-0.2, -0.15) is 0 Å². The van der Waals surface area contributed by atoms with Crippen molar-refractivity contribution in [2.24, 2.45) is 50.2 Å². The van der Waals surface area contributed by atoms with E-state index in [9.17, 15) is 14.7 Å². The maximum absolute atomic E-state index is 14.7. The summed E-state index contributed by atoms with van der Waals surface area (Å²) in [6, 6.07) is 29.6. The predicted octanol–water partition coefficient (Wildman–Crippen LogP) is 12.9. The first kappa shape index (κ1) is 54.9. The Morgan fingerprint density at radius 1 is 0.622 bits per heavy atom. The number of carbonyl (C=O) groups is 2. The molecule has 9 rings (SSSR count). The number of carbonyl (C=O) groups excluding carboxylic acids is 2. The van der Waals surface area contributed by atoms with E-state index in [0.29, 0.717) is 24.9 Å². The Balaban J connectivity index is 0.811. The standard InChI is InChI=1S/C64H88O10/c1-59(2)34-36-64(37-35-62(6)47(48(64)40-59)28-29-50-61(5)32-31-51(65)60(3,4)49(61)30-33-63(50,62)7)58(67)70-39-21-10-9-20-38-69-56(66)54-52(71-41-44-22-14-11-15-23-44)53(72-42-45-24-16-12-17-25-45)55(57(68-8)74-54)73-43-46-26-18-13-19-27-46/h11-19,22-28,48-55,57,65H,9-10,20-21,29-43H2,1-8H3/t48-,49-,50+,51-,52-,53-,54-,55+,57-,61-,62+,63+,64-/m0/s1. The lowest BCUT2D eigenvalue weighted by atomic mass is 9.33. The summed E-state index contributed by atoms with van der Waals surface area (Å²) in [5.74, 6) is 0.719. The van der Waals surface area contributed by atoms with Gasteiger partial charge in [0.25, 0.3) is 0 Å². The Bertz CT molecular complexity index is 2370. The Morgan fingerprint density at radius 2 is 1.18 bits per heavy atom. The lowest BCUT2D eigenvalue weighted by Gasteiger charge is -2.71. The topological polar surface area (TPSA) is 119 Å². The Labute approximate surface area is 443 Å². The maximum atomic E-state index is 14.7. The highest BCUT2D eigenvalue weighted by Gasteiger charge is 2.69. The molecule has 10 nitrogen and oxygen atoms in total. The van der Waals surface area contributed by atoms with Gasteiger partial charge in [0.1, 0.15) is 18.3 Å². The SMILES string of the molecule is CO[C@H]1O[C@H](C(=O)OCCCCCCOC(=O)[C@]23CCC(C)(C)C[C@H]2C2=CC[C@@H]4[C@@]5(C)CC[C@H](O)C(C)(C)[C@@H]5CC[C@@]4(C)[C@]2(C)CC3)[C@@H](OCc2ccccc2)[C@H](OCc2ccccc2)[C@H]1OCc1ccccc1. The smallest absolute Gasteiger partial charge is 0.338 e. The van der Waals surface area contributed by atoms with Crippen molar-refractivity contribution in [2.45, 2.75) is 195 Å². The van der Waals surface area contributed by atoms with Crippen molar-refractivity contribution in [1.82, 2.24) is 0 Å². The van der Waals surface area contributed by atoms with Crippen LogP contribution in [0.25, 0.3) is 0 Å². The van der Waals surface area contributed by atoms with Crippen molar-refractivity contribution in [2.75, 3.05) is 20.3 Å². The molecule has 10 heteroatoms. The third-order valence-electron chi connectivity index (χ3n) is 20.4. The summed E-state index contributed by atoms with van der Waals surface area (Å²) in [6.45, 7) is 18.5. The van der Waals surface area contributed by atoms with Gasteiger partial charge in [-0.3, -0.25) is 4.79 Å². The second kappa shape index (κ2) is 22.6. The van der Waals surface area contributed by atoms with Crippen LogP contribution in [0.15, 0.2) is 103 Å². The summed E-state index contributed by atoms with van der Waals surface area (Å²) in [5, 5.41) is 11.2. The molecular weight excluding hydrogens is 929 g/mol. The summed E-state index contributed by atoms with van der Waals surface area (Å²) in [6.07, 6.45) is 11.2. The highest BCUT2D eigenvalue weighted by atomic mass is 16.7. The van der Waals surface area contributed by atoms with Crippen LogP contribution >= 0.6 is 0 Å². The van der Waals surface area contributed by atoms with Crippen molar-refractivity contribution >= 4 is 11.9 Å². The summed E-state index contributed by atoms with van der Waals surface area (Å²) >= 11 is 0. The van der Waals surface area contributed by atoms with Crippen LogP contribution in [0.3, 0.4) is 0 Å². The van der Waals surface area contributed by atoms with Gasteiger partial charge in [0.05, 0.1) is 44.6 Å². The minimum absolute atomic E-state index is 0.00508. The van der Waals surface area contributed by atoms with Crippen molar-refractivity contribution in [3.05, 3.63) is 119 Å². The fourth-order valence-electron chi connectivity index (χ4n) is 15.8. The Morgan fingerprint density at radius 3 is 1.77 bits per heavy atom. The molecule has 3 aromatic carbocycles. The minimum atomic E-state index is -1.14. The highest BCUT2D eigenvalue weighted by molar-refractivity contribution is 5.79. The first-order valence-corrected chi connectivity index (χ1v) is 28.3. The average Bonchev–Trinajstić information content (AvgIpc) is 3.39. The van der Waals surface area contributed by atoms with Gasteiger partial charge in [-0.05, 0) is 151 Å². The number of aliphatic hydroxyl groups excluding tert-OH is 1. The fourth-order valence-corrected chi connectivity index (χ4v) is 15.8. The van der Waals surface area contributed by atoms with Crippen LogP contribution in [0.1, 0.15) is 155 Å². The number of rotatable bonds is 19. The maximum Gasteiger partial charge on any atom is 0.338 e. The molecule has 13 atom stereocenters. The van der Waals surface area contributed by atoms with Gasteiger partial charge in [-0.15, -0.1) is 0 Å². The fraction of sp³-hybridized carbons (Fsp3) is 0.656. The van der Waals surface area contributed by atoms with Crippen LogP contribution in [0.2, 0.25) is 0 Å². The van der Waals surface area contributed by atoms with Gasteiger partial charge < -0.3 is 38.3 Å². The van der Waals surface area contributed by atoms with Crippen LogP contribution in [0.5, 0.6) is 0 Å². The normalized spacial score (nSPS) is 36.0. The summed E-state index contributed by atoms with van der Waals surface area (Å²) in [7, 11) is 1.54. The highest BCUT2D eigenvalue weighted by Crippen LogP contribution is 2.76. The number of ether oxygens (including phenoxy) is 7. The Kier molecular flexibility index (Phi) is 16.8. The van der Waals surface area contributed by atoms with E-state index in [-0.39, 0.29) is 71.5 Å². The zero-order valence-corrected chi connectivity index (χ0v) is 46.0. The van der Waals surface area contributed by atoms with Gasteiger partial charge in [0.15, 0.2) is 12.4 Å². The molecule has 0 unspecified atom stereocenters. The Hall–Kier alpha value is -3.90. The molecule has 74 heavy (non-hydrogen) atoms. The van der Waals surface area contributed by atoms with Gasteiger partial charge in [-0.1, -0.05) is 151 Å². The summed E-state index contributed by atoms with van der Waals surface area (Å²) in [5.41, 5.74) is 4.38. The second-order valence-corrected chi connectivity index (χ2v) is 25.4. The summed E-state index contributed by atoms with van der Waals surface area (Å²) in [4.78, 5) is 28.8. The van der Waals surface area contributed by atoms with Gasteiger partial charge in [0.2, 0.25) is 0 Å². The van der Waals surface area contributed by atoms with Crippen LogP contribution in [-0.2, 0) is 62.6 Å². The number of benzene rings is 3. The third kappa shape index (κ3) is 10.7. The van der Waals surface area contributed by atoms with E-state index in [4.69, 9.17) is 33.2 Å². The molecular formula is C64H88O10. The van der Waals surface area contributed by atoms with Gasteiger partial charge in [0, 0.05) is 7.11 Å². The molecule has 1 heterocycles. The van der Waals surface area contributed by atoms with E-state index in [1.54, 1.807) is 12.7 Å². The molecule has 0 radical (unpaired) electrons. The molecule has 404 valence electrons. The largest absolute Gasteiger partial charge is 0.465 e. The minimum Gasteiger partial charge on any atom is -0.465 e. The number of esters is 2. The zero-order chi connectivity index (χ0) is 52.4. The van der Waals surface area contributed by atoms with Crippen LogP contribution in [-0.4, -0.2) is 74.2 Å². The first-order chi connectivity index (χ1) is 35.5. The van der Waals surface area contributed by atoms with Crippen LogP contribution in [0.4, 0.5) is 0 Å². The third-order valence-corrected chi connectivity index (χ3v) is 20.4. The molecule has 1 N–H and O–H groups in total. The molecule has 3 aromatic rings. The number of hydrogen-bond donors (Lipinski definition) is 1. The molecule has 4 saturated carbocycles. The van der Waals surface area contributed by atoms with Crippen molar-refractivity contribution < 1.29 is 47.9 Å². The van der Waals surface area contributed by atoms with E-state index in [1.165, 1.54) is 6.42 Å². The first-order valence-electron chi connectivity index (χ1n) is 28.3. The second-order valence-electron chi connectivity index (χ2n) is 25.4. The number of aliphatic hydroxyl groups is 1. The molecule has 0 aromatic heterocycles. The molecule has 0 bridgehead atoms. The van der Waals surface area contributed by atoms with Crippen LogP contribution < -0.4 is 0 Å². The lowest BCUT2D eigenvalue weighted by molar-refractivity contribution is -0.315. The quantitative estimate of drug-likeness (QED) is 0.0706. The molecule has 5 fully saturated rings. The molecule has 1 aliphatic heterocycles. The molecule has 5 aliphatic carbocycles. The number of hydrogen-bond acceptors (Lipinski definition) is 10. The van der Waals surface area contributed by atoms with E-state index < -0.39 is 42.1 Å². The zero-order valence-electron chi connectivity index (χ0n) is 46.0. The van der Waals surface area contributed by atoms with Crippen LogP contribution in [0, 0.1) is 50.2 Å². The monoisotopic (exact) mass is 1020 g/mol. The van der Waals surface area contributed by atoms with Crippen molar-refractivity contribution in [1.29, 1.82) is 0 Å². The van der Waals surface area contributed by atoms with Gasteiger partial charge in [-0.25, -0.2) is 4.79 Å². The molecule has 1 saturated heterocycles. The van der Waals surface area contributed by atoms with E-state index in [0.717, 1.165) is 93.7 Å². The summed E-state index contributed by atoms with van der Waals surface area (Å²) < 4.78 is 44.4. The average molecular weight is 1020 g/mol. The van der Waals surface area contributed by atoms with Crippen molar-refractivity contribution in [3.63, 3.8) is 0 Å². The lowest BCUT2D eigenvalue weighted by Crippen LogP contribution is -2.65. The number of unbranched alkanes of at least 4 members (excludes halogenated alkanes) is 3. The van der Waals surface area contributed by atoms with E-state index in [1.807, 2.05) is 91.0 Å². The molecule has 0 spiro atoms. The van der Waals surface area contributed by atoms with E-state index >= 15 is 0 Å². The number of fused-ring (bicyclic) bond motifs is 7. The van der Waals surface area contributed by atoms with Crippen molar-refractivity contribution in [3.8, 4) is 0 Å². The molecule has 0 amide bonds. The molecule has 6 aliphatic rings. The number of methoxy groups -OCH3 is 1. The number of allylic oxidation sites excluding steroid dienone is 2.